The minimum atomic E-state index is 0.701. The molecule has 3 aromatic heterocycles. The van der Waals surface area contributed by atoms with E-state index in [1.165, 1.54) is 53.2 Å². The summed E-state index contributed by atoms with van der Waals surface area (Å²) in [5.74, 6) is 0.701. The number of aromatic nitrogens is 3. The molecule has 11 rings (SSSR count). The van der Waals surface area contributed by atoms with E-state index < -0.39 is 0 Å². The maximum absolute atomic E-state index is 5.28. The number of nitrogens with zero attached hydrogens (tertiary/aromatic N) is 3. The highest BCUT2D eigenvalue weighted by atomic mass is 32.1. The Labute approximate surface area is 309 Å². The third-order valence-corrected chi connectivity index (χ3v) is 11.6. The molecule has 0 bridgehead atoms. The van der Waals surface area contributed by atoms with Crippen LogP contribution >= 0.6 is 11.3 Å². The van der Waals surface area contributed by atoms with Crippen molar-refractivity contribution in [2.45, 2.75) is 0 Å². The van der Waals surface area contributed by atoms with Crippen LogP contribution in [-0.2, 0) is 0 Å². The largest absolute Gasteiger partial charge is 0.236 e. The molecular formula is C49H29N3S. The topological polar surface area (TPSA) is 38.7 Å². The zero-order valence-electron chi connectivity index (χ0n) is 28.5. The van der Waals surface area contributed by atoms with Crippen molar-refractivity contribution in [3.05, 3.63) is 176 Å². The quantitative estimate of drug-likeness (QED) is 0.172. The van der Waals surface area contributed by atoms with Gasteiger partial charge in [0, 0.05) is 43.1 Å². The summed E-state index contributed by atoms with van der Waals surface area (Å²) in [7, 11) is 0. The Kier molecular flexibility index (Phi) is 6.73. The lowest BCUT2D eigenvalue weighted by Gasteiger charge is -2.13. The van der Waals surface area contributed by atoms with Gasteiger partial charge >= 0.3 is 0 Å². The first-order valence-corrected chi connectivity index (χ1v) is 18.7. The number of thiophene rings is 1. The summed E-state index contributed by atoms with van der Waals surface area (Å²) in [6.07, 6.45) is 0. The molecule has 0 fully saturated rings. The maximum atomic E-state index is 5.28. The van der Waals surface area contributed by atoms with Crippen LogP contribution in [0.4, 0.5) is 0 Å². The van der Waals surface area contributed by atoms with Gasteiger partial charge in [-0.2, -0.15) is 0 Å². The van der Waals surface area contributed by atoms with Gasteiger partial charge in [-0.1, -0.05) is 158 Å². The SMILES string of the molecule is c1ccc(-c2cc(-c3ccc(-c4nc5sc6ccccc6c5c5ccccc45)cc3)nc(-c3ccc4c5ccccc5c5ccccc5c4c3)n2)cc1. The first-order chi connectivity index (χ1) is 26.3. The standard InChI is InChI=1S/C49H29N3S/c1-2-12-30(13-3-1)43-29-44(51-48(50-43)33-26-27-38-36-16-5-4-14-34(36)35-15-6-7-17-37(35)42(38)28-33)31-22-24-32(25-23-31)47-40-19-9-8-18-39(40)46-41-20-10-11-21-45(41)53-49(46)52-47/h1-29H. The average molecular weight is 692 g/mol. The molecule has 0 saturated carbocycles. The first kappa shape index (κ1) is 29.9. The predicted molar refractivity (Wildman–Crippen MR) is 224 cm³/mol. The third-order valence-electron chi connectivity index (χ3n) is 10.5. The fourth-order valence-electron chi connectivity index (χ4n) is 7.99. The number of pyridine rings is 1. The van der Waals surface area contributed by atoms with Crippen LogP contribution in [0.1, 0.15) is 0 Å². The van der Waals surface area contributed by atoms with Crippen LogP contribution in [0.2, 0.25) is 0 Å². The number of benzene rings is 8. The number of hydrogen-bond acceptors (Lipinski definition) is 4. The molecule has 0 aliphatic carbocycles. The molecule has 0 atom stereocenters. The molecule has 246 valence electrons. The summed E-state index contributed by atoms with van der Waals surface area (Å²) in [5.41, 5.74) is 6.91. The van der Waals surface area contributed by atoms with E-state index in [0.29, 0.717) is 5.82 Å². The molecule has 3 nitrogen and oxygen atoms in total. The minimum Gasteiger partial charge on any atom is -0.236 e. The highest BCUT2D eigenvalue weighted by Crippen LogP contribution is 2.41. The molecule has 0 N–H and O–H groups in total. The molecular weight excluding hydrogens is 663 g/mol. The van der Waals surface area contributed by atoms with Crippen molar-refractivity contribution >= 4 is 74.7 Å². The molecule has 8 aromatic carbocycles. The first-order valence-electron chi connectivity index (χ1n) is 17.9. The van der Waals surface area contributed by atoms with Gasteiger partial charge < -0.3 is 0 Å². The molecule has 0 spiro atoms. The smallest absolute Gasteiger partial charge is 0.160 e. The van der Waals surface area contributed by atoms with Crippen LogP contribution in [0.25, 0.3) is 109 Å². The van der Waals surface area contributed by atoms with Crippen LogP contribution < -0.4 is 0 Å². The third kappa shape index (κ3) is 4.84. The predicted octanol–water partition coefficient (Wildman–Crippen LogP) is 13.5. The van der Waals surface area contributed by atoms with E-state index in [-0.39, 0.29) is 0 Å². The van der Waals surface area contributed by atoms with Crippen molar-refractivity contribution in [2.75, 3.05) is 0 Å². The number of rotatable bonds is 4. The van der Waals surface area contributed by atoms with E-state index in [4.69, 9.17) is 15.0 Å². The Morgan fingerprint density at radius 1 is 0.321 bits per heavy atom. The van der Waals surface area contributed by atoms with Crippen LogP contribution in [-0.4, -0.2) is 15.0 Å². The molecule has 3 heterocycles. The molecule has 0 aliphatic heterocycles. The van der Waals surface area contributed by atoms with Crippen molar-refractivity contribution in [3.8, 4) is 45.2 Å². The summed E-state index contributed by atoms with van der Waals surface area (Å²) in [4.78, 5) is 16.8. The second-order valence-corrected chi connectivity index (χ2v) is 14.6. The van der Waals surface area contributed by atoms with E-state index in [9.17, 15) is 0 Å². The van der Waals surface area contributed by atoms with Gasteiger partial charge in [0.2, 0.25) is 0 Å². The Balaban J connectivity index is 1.07. The van der Waals surface area contributed by atoms with Crippen LogP contribution in [0.15, 0.2) is 176 Å². The average Bonchev–Trinajstić information content (AvgIpc) is 3.62. The highest BCUT2D eigenvalue weighted by molar-refractivity contribution is 7.25. The Hall–Kier alpha value is -6.75. The van der Waals surface area contributed by atoms with Gasteiger partial charge in [0.15, 0.2) is 5.82 Å². The van der Waals surface area contributed by atoms with Crippen molar-refractivity contribution in [1.82, 2.24) is 15.0 Å². The van der Waals surface area contributed by atoms with Gasteiger partial charge in [0.25, 0.3) is 0 Å². The van der Waals surface area contributed by atoms with Crippen LogP contribution in [0.3, 0.4) is 0 Å². The van der Waals surface area contributed by atoms with Crippen LogP contribution in [0, 0.1) is 0 Å². The second kappa shape index (κ2) is 11.9. The van der Waals surface area contributed by atoms with Gasteiger partial charge in [-0.05, 0) is 55.9 Å². The summed E-state index contributed by atoms with van der Waals surface area (Å²) >= 11 is 1.76. The molecule has 0 amide bonds. The van der Waals surface area contributed by atoms with Crippen molar-refractivity contribution in [2.24, 2.45) is 0 Å². The molecule has 0 aliphatic rings. The van der Waals surface area contributed by atoms with E-state index in [2.05, 4.69) is 170 Å². The highest BCUT2D eigenvalue weighted by Gasteiger charge is 2.17. The summed E-state index contributed by atoms with van der Waals surface area (Å²) in [6.45, 7) is 0. The van der Waals surface area contributed by atoms with E-state index in [1.807, 2.05) is 6.07 Å². The molecule has 0 saturated heterocycles. The molecule has 53 heavy (non-hydrogen) atoms. The lowest BCUT2D eigenvalue weighted by atomic mass is 9.93. The fourth-order valence-corrected chi connectivity index (χ4v) is 9.08. The van der Waals surface area contributed by atoms with Gasteiger partial charge in [-0.25, -0.2) is 15.0 Å². The van der Waals surface area contributed by atoms with Gasteiger partial charge in [-0.15, -0.1) is 11.3 Å². The second-order valence-electron chi connectivity index (χ2n) is 13.5. The Morgan fingerprint density at radius 2 is 0.811 bits per heavy atom. The summed E-state index contributed by atoms with van der Waals surface area (Å²) in [6, 6.07) is 62.5. The van der Waals surface area contributed by atoms with Gasteiger partial charge in [0.1, 0.15) is 4.83 Å². The fraction of sp³-hybridized carbons (Fsp3) is 0. The normalized spacial score (nSPS) is 11.8. The molecule has 4 heteroatoms. The number of hydrogen-bond donors (Lipinski definition) is 0. The van der Waals surface area contributed by atoms with Crippen molar-refractivity contribution in [1.29, 1.82) is 0 Å². The van der Waals surface area contributed by atoms with Gasteiger partial charge in [-0.3, -0.25) is 0 Å². The summed E-state index contributed by atoms with van der Waals surface area (Å²) < 4.78 is 1.26. The van der Waals surface area contributed by atoms with E-state index >= 15 is 0 Å². The maximum Gasteiger partial charge on any atom is 0.160 e. The van der Waals surface area contributed by atoms with E-state index in [1.54, 1.807) is 11.3 Å². The Morgan fingerprint density at radius 3 is 1.49 bits per heavy atom. The molecule has 11 aromatic rings. The van der Waals surface area contributed by atoms with Crippen molar-refractivity contribution < 1.29 is 0 Å². The van der Waals surface area contributed by atoms with Gasteiger partial charge in [0.05, 0.1) is 17.1 Å². The zero-order valence-corrected chi connectivity index (χ0v) is 29.3. The monoisotopic (exact) mass is 691 g/mol. The molecule has 0 radical (unpaired) electrons. The zero-order chi connectivity index (χ0) is 34.9. The Bertz CT molecular complexity index is 3180. The van der Waals surface area contributed by atoms with E-state index in [0.717, 1.165) is 49.6 Å². The lowest BCUT2D eigenvalue weighted by molar-refractivity contribution is 1.18. The molecule has 0 unspecified atom stereocenters. The number of fused-ring (bicyclic) bond motifs is 11. The minimum absolute atomic E-state index is 0.701. The van der Waals surface area contributed by atoms with Crippen LogP contribution in [0.5, 0.6) is 0 Å². The van der Waals surface area contributed by atoms with Crippen molar-refractivity contribution in [3.63, 3.8) is 0 Å². The lowest BCUT2D eigenvalue weighted by Crippen LogP contribution is -1.96. The summed E-state index contributed by atoms with van der Waals surface area (Å²) in [5, 5.41) is 12.3.